The van der Waals surface area contributed by atoms with Crippen molar-refractivity contribution in [1.82, 2.24) is 39.0 Å². The molecule has 6 unspecified atom stereocenters. The first-order valence-corrected chi connectivity index (χ1v) is 16.0. The molecule has 1 saturated carbocycles. The molecule has 0 aromatic carbocycles. The number of aromatic amines is 1. The topological polar surface area (TPSA) is 274 Å². The first-order valence-electron chi connectivity index (χ1n) is 13.0. The van der Waals surface area contributed by atoms with Crippen molar-refractivity contribution in [1.29, 1.82) is 0 Å². The van der Waals surface area contributed by atoms with Crippen LogP contribution in [0.1, 0.15) is 18.7 Å². The Balaban J connectivity index is 1.17. The minimum atomic E-state index is -5.02. The van der Waals surface area contributed by atoms with E-state index in [2.05, 4.69) is 29.9 Å². The molecule has 0 radical (unpaired) electrons. The first kappa shape index (κ1) is 29.5. The number of phosphoric acid groups is 2. The SMILES string of the molecule is Nc1ncnc2c1ncn2[C@@H]1O[C@@H]2COP(=O)(O)OC3C(O)[C@H](n4cnc5c(=O)[nH]cnc54)C[C@@H]3COP(=O)(O)OC2C1F. The van der Waals surface area contributed by atoms with E-state index in [0.717, 1.165) is 17.2 Å². The van der Waals surface area contributed by atoms with Crippen LogP contribution in [0.25, 0.3) is 22.3 Å². The van der Waals surface area contributed by atoms with Crippen LogP contribution in [0.15, 0.2) is 30.1 Å². The van der Waals surface area contributed by atoms with Gasteiger partial charge in [0.2, 0.25) is 0 Å². The first-order chi connectivity index (χ1) is 20.9. The van der Waals surface area contributed by atoms with Crippen molar-refractivity contribution in [3.8, 4) is 0 Å². The zero-order valence-corrected chi connectivity index (χ0v) is 23.9. The summed E-state index contributed by atoms with van der Waals surface area (Å²) in [4.78, 5) is 55.7. The van der Waals surface area contributed by atoms with E-state index in [1.165, 1.54) is 17.2 Å². The maximum Gasteiger partial charge on any atom is 0.472 e. The molecule has 236 valence electrons. The lowest BCUT2D eigenvalue weighted by Gasteiger charge is -2.28. The number of phosphoric ester groups is 2. The lowest BCUT2D eigenvalue weighted by molar-refractivity contribution is -0.0592. The third kappa shape index (κ3) is 5.04. The van der Waals surface area contributed by atoms with Gasteiger partial charge in [0.15, 0.2) is 35.0 Å². The molecule has 2 aliphatic heterocycles. The fourth-order valence-corrected chi connectivity index (χ4v) is 7.74. The molecule has 4 aromatic heterocycles. The Morgan fingerprint density at radius 1 is 0.955 bits per heavy atom. The van der Waals surface area contributed by atoms with Crippen molar-refractivity contribution < 1.29 is 51.2 Å². The molecule has 23 heteroatoms. The summed E-state index contributed by atoms with van der Waals surface area (Å²) in [6, 6.07) is -0.918. The lowest BCUT2D eigenvalue weighted by Crippen LogP contribution is -2.36. The van der Waals surface area contributed by atoms with Gasteiger partial charge < -0.3 is 34.9 Å². The second kappa shape index (κ2) is 10.7. The van der Waals surface area contributed by atoms with Crippen LogP contribution in [0.2, 0.25) is 0 Å². The summed E-state index contributed by atoms with van der Waals surface area (Å²) in [5.41, 5.74) is 5.60. The highest BCUT2D eigenvalue weighted by molar-refractivity contribution is 7.47. The summed E-state index contributed by atoms with van der Waals surface area (Å²) in [5, 5.41) is 11.2. The highest BCUT2D eigenvalue weighted by Gasteiger charge is 2.54. The van der Waals surface area contributed by atoms with Crippen LogP contribution >= 0.6 is 15.6 Å². The van der Waals surface area contributed by atoms with Gasteiger partial charge >= 0.3 is 15.6 Å². The number of ether oxygens (including phenoxy) is 1. The molecule has 4 aromatic rings. The second-order valence-electron chi connectivity index (χ2n) is 10.4. The number of anilines is 1. The third-order valence-corrected chi connectivity index (χ3v) is 9.72. The molecule has 0 amide bonds. The van der Waals surface area contributed by atoms with Crippen LogP contribution in [-0.4, -0.2) is 97.7 Å². The number of hydrogen-bond donors (Lipinski definition) is 5. The van der Waals surface area contributed by atoms with E-state index in [9.17, 15) is 28.8 Å². The van der Waals surface area contributed by atoms with Crippen LogP contribution in [0.5, 0.6) is 0 Å². The predicted molar refractivity (Wildman–Crippen MR) is 141 cm³/mol. The molecule has 6 N–H and O–H groups in total. The summed E-state index contributed by atoms with van der Waals surface area (Å²) in [6.45, 7) is -1.47. The Morgan fingerprint density at radius 2 is 1.64 bits per heavy atom. The zero-order valence-electron chi connectivity index (χ0n) is 22.1. The van der Waals surface area contributed by atoms with Gasteiger partial charge in [-0.1, -0.05) is 0 Å². The molecule has 3 aliphatic rings. The van der Waals surface area contributed by atoms with Crippen molar-refractivity contribution in [2.24, 2.45) is 5.92 Å². The molecule has 2 saturated heterocycles. The van der Waals surface area contributed by atoms with Gasteiger partial charge in [-0.25, -0.2) is 38.4 Å². The Bertz CT molecular complexity index is 1890. The number of hydrogen-bond acceptors (Lipinski definition) is 15. The van der Waals surface area contributed by atoms with Gasteiger partial charge in [-0.3, -0.25) is 27.5 Å². The minimum Gasteiger partial charge on any atom is -0.388 e. The fraction of sp³-hybridized carbons (Fsp3) is 0.524. The smallest absolute Gasteiger partial charge is 0.388 e. The number of nitrogens with zero attached hydrogens (tertiary/aromatic N) is 7. The number of alkyl halides is 1. The van der Waals surface area contributed by atoms with Crippen molar-refractivity contribution in [2.75, 3.05) is 18.9 Å². The van der Waals surface area contributed by atoms with Crippen LogP contribution in [-0.2, 0) is 32.0 Å². The van der Waals surface area contributed by atoms with Crippen molar-refractivity contribution >= 4 is 43.8 Å². The molecule has 44 heavy (non-hydrogen) atoms. The molecule has 0 spiro atoms. The molecule has 10 atom stereocenters. The van der Waals surface area contributed by atoms with Crippen molar-refractivity contribution in [3.63, 3.8) is 0 Å². The second-order valence-corrected chi connectivity index (χ2v) is 13.2. The summed E-state index contributed by atoms with van der Waals surface area (Å²) >= 11 is 0. The summed E-state index contributed by atoms with van der Waals surface area (Å²) in [6.07, 6.45) is -5.40. The number of H-pyrrole nitrogens is 1. The van der Waals surface area contributed by atoms with Crippen LogP contribution in [0.3, 0.4) is 0 Å². The number of aliphatic hydroxyl groups excluding tert-OH is 1. The summed E-state index contributed by atoms with van der Waals surface area (Å²) < 4.78 is 71.1. The quantitative estimate of drug-likeness (QED) is 0.173. The number of nitrogens with one attached hydrogen (secondary N) is 1. The third-order valence-electron chi connectivity index (χ3n) is 7.75. The Labute approximate surface area is 244 Å². The standard InChI is InChI=1S/C21H24FN9O11P2/c22-11-16-10(40-21(11)31-7-28-12-17(23)24-4-25-18(12)31)3-39-44(36,37)41-15-8(2-38-43(34,35)42-16)1-9(14(15)32)30-6-29-13-19(30)26-5-27-20(13)33/h4-11,14-16,21,32H,1-3H2,(H,34,35)(H,36,37)(H2,23,24,25)(H,26,27,33)/t8-,9-,10-,11?,14?,15?,16?,21-/m1/s1. The van der Waals surface area contributed by atoms with Gasteiger partial charge in [-0.2, -0.15) is 0 Å². The molecule has 3 fully saturated rings. The monoisotopic (exact) mass is 659 g/mol. The Kier molecular flexibility index (Phi) is 7.16. The molecular weight excluding hydrogens is 635 g/mol. The number of aromatic nitrogens is 8. The largest absolute Gasteiger partial charge is 0.472 e. The van der Waals surface area contributed by atoms with Gasteiger partial charge in [-0.15, -0.1) is 0 Å². The zero-order chi connectivity index (χ0) is 31.0. The highest BCUT2D eigenvalue weighted by Crippen LogP contribution is 2.55. The summed E-state index contributed by atoms with van der Waals surface area (Å²) in [7, 11) is -10.0. The Hall–Kier alpha value is -3.23. The van der Waals surface area contributed by atoms with Gasteiger partial charge in [0, 0.05) is 5.92 Å². The molecular formula is C21H24FN9O11P2. The number of nitrogens with two attached hydrogens (primary N) is 1. The van der Waals surface area contributed by atoms with E-state index < -0.39 is 83.2 Å². The normalized spacial score (nSPS) is 38.3. The average Bonchev–Trinajstić information content (AvgIpc) is 3.73. The van der Waals surface area contributed by atoms with Crippen LogP contribution < -0.4 is 11.3 Å². The lowest BCUT2D eigenvalue weighted by atomic mass is 10.1. The van der Waals surface area contributed by atoms with Crippen LogP contribution in [0, 0.1) is 5.92 Å². The average molecular weight is 659 g/mol. The molecule has 0 bridgehead atoms. The predicted octanol–water partition coefficient (Wildman–Crippen LogP) is -0.283. The fourth-order valence-electron chi connectivity index (χ4n) is 5.74. The van der Waals surface area contributed by atoms with Gasteiger partial charge in [0.05, 0.1) is 38.2 Å². The molecule has 6 heterocycles. The van der Waals surface area contributed by atoms with E-state index in [4.69, 9.17) is 28.6 Å². The van der Waals surface area contributed by atoms with E-state index in [1.807, 2.05) is 0 Å². The number of nitrogen functional groups attached to an aromatic ring is 1. The highest BCUT2D eigenvalue weighted by atomic mass is 31.2. The van der Waals surface area contributed by atoms with Gasteiger partial charge in [0.25, 0.3) is 5.56 Å². The number of rotatable bonds is 2. The summed E-state index contributed by atoms with van der Waals surface area (Å²) in [5.74, 6) is -0.977. The number of fused-ring (bicyclic) bond motifs is 4. The van der Waals surface area contributed by atoms with E-state index in [-0.39, 0.29) is 34.6 Å². The van der Waals surface area contributed by atoms with Crippen LogP contribution in [0.4, 0.5) is 10.2 Å². The molecule has 1 aliphatic carbocycles. The van der Waals surface area contributed by atoms with E-state index in [0.29, 0.717) is 0 Å². The van der Waals surface area contributed by atoms with E-state index >= 15 is 4.39 Å². The van der Waals surface area contributed by atoms with Crippen molar-refractivity contribution in [2.45, 2.75) is 49.3 Å². The number of halogens is 1. The number of imidazole rings is 2. The molecule has 7 rings (SSSR count). The maximum atomic E-state index is 15.9. The van der Waals surface area contributed by atoms with Crippen molar-refractivity contribution in [3.05, 3.63) is 35.7 Å². The minimum absolute atomic E-state index is 0.0148. The molecule has 20 nitrogen and oxygen atoms in total. The van der Waals surface area contributed by atoms with E-state index in [1.54, 1.807) is 0 Å². The maximum absolute atomic E-state index is 15.9. The van der Waals surface area contributed by atoms with Gasteiger partial charge in [-0.05, 0) is 6.42 Å². The Morgan fingerprint density at radius 3 is 2.43 bits per heavy atom. The van der Waals surface area contributed by atoms with Gasteiger partial charge in [0.1, 0.15) is 36.3 Å². The number of aliphatic hydroxyl groups is 1.